The molecule has 2 N–H and O–H groups in total. The molecule has 0 radical (unpaired) electrons. The molecule has 0 aliphatic rings. The van der Waals surface area contributed by atoms with Crippen molar-refractivity contribution in [3.63, 3.8) is 0 Å². The summed E-state index contributed by atoms with van der Waals surface area (Å²) in [6, 6.07) is 17.5. The molecule has 0 spiro atoms. The summed E-state index contributed by atoms with van der Waals surface area (Å²) in [6.45, 7) is 4.63. The van der Waals surface area contributed by atoms with Crippen molar-refractivity contribution in [3.8, 4) is 5.75 Å². The summed E-state index contributed by atoms with van der Waals surface area (Å²) >= 11 is 5.89. The van der Waals surface area contributed by atoms with Gasteiger partial charge in [-0.3, -0.25) is 0 Å². The number of rotatable bonds is 7. The van der Waals surface area contributed by atoms with E-state index in [2.05, 4.69) is 34.4 Å². The average Bonchev–Trinajstić information content (AvgIpc) is 2.62. The van der Waals surface area contributed by atoms with Crippen molar-refractivity contribution < 1.29 is 4.74 Å². The van der Waals surface area contributed by atoms with Crippen LogP contribution >= 0.6 is 11.6 Å². The molecule has 1 aromatic heterocycles. The van der Waals surface area contributed by atoms with Crippen LogP contribution < -0.4 is 15.4 Å². The Morgan fingerprint density at radius 3 is 2.42 bits per heavy atom. The molecule has 3 rings (SSSR count). The van der Waals surface area contributed by atoms with Gasteiger partial charge >= 0.3 is 0 Å². The van der Waals surface area contributed by atoms with Crippen LogP contribution in [0.1, 0.15) is 19.4 Å². The van der Waals surface area contributed by atoms with E-state index in [4.69, 9.17) is 16.3 Å². The molecule has 0 aliphatic carbocycles. The summed E-state index contributed by atoms with van der Waals surface area (Å²) in [5.74, 6) is 2.13. The van der Waals surface area contributed by atoms with Crippen molar-refractivity contribution in [1.29, 1.82) is 0 Å². The number of anilines is 3. The first kappa shape index (κ1) is 18.0. The minimum atomic E-state index is 0.315. The van der Waals surface area contributed by atoms with Gasteiger partial charge in [-0.25, -0.2) is 4.98 Å². The number of aromatic nitrogens is 2. The van der Waals surface area contributed by atoms with Crippen LogP contribution in [-0.4, -0.2) is 16.0 Å². The summed E-state index contributed by atoms with van der Waals surface area (Å²) in [7, 11) is 0. The van der Waals surface area contributed by atoms with Crippen LogP contribution in [0.3, 0.4) is 0 Å². The van der Waals surface area contributed by atoms with Crippen molar-refractivity contribution in [1.82, 2.24) is 9.97 Å². The summed E-state index contributed by atoms with van der Waals surface area (Å²) in [4.78, 5) is 8.68. The minimum Gasteiger partial charge on any atom is -0.489 e. The van der Waals surface area contributed by atoms with Crippen molar-refractivity contribution in [2.45, 2.75) is 26.5 Å². The number of hydrogen-bond donors (Lipinski definition) is 2. The van der Waals surface area contributed by atoms with E-state index < -0.39 is 0 Å². The van der Waals surface area contributed by atoms with Gasteiger partial charge in [0.05, 0.1) is 0 Å². The third-order valence-corrected chi connectivity index (χ3v) is 3.77. The lowest BCUT2D eigenvalue weighted by Gasteiger charge is -2.11. The quantitative estimate of drug-likeness (QED) is 0.594. The third-order valence-electron chi connectivity index (χ3n) is 3.52. The molecule has 6 heteroatoms. The normalized spacial score (nSPS) is 10.6. The molecule has 0 atom stereocenters. The number of ether oxygens (including phenoxy) is 1. The van der Waals surface area contributed by atoms with Gasteiger partial charge in [0.15, 0.2) is 0 Å². The number of nitrogens with zero attached hydrogens (tertiary/aromatic N) is 2. The zero-order chi connectivity index (χ0) is 18.4. The van der Waals surface area contributed by atoms with E-state index in [9.17, 15) is 0 Å². The van der Waals surface area contributed by atoms with Gasteiger partial charge in [0.2, 0.25) is 5.95 Å². The van der Waals surface area contributed by atoms with Gasteiger partial charge < -0.3 is 15.4 Å². The Labute approximate surface area is 158 Å². The fourth-order valence-electron chi connectivity index (χ4n) is 2.31. The highest BCUT2D eigenvalue weighted by Crippen LogP contribution is 2.20. The highest BCUT2D eigenvalue weighted by atomic mass is 35.5. The molecule has 0 aliphatic heterocycles. The molecule has 0 unspecified atom stereocenters. The molecule has 2 aromatic carbocycles. The molecule has 3 aromatic rings. The van der Waals surface area contributed by atoms with Gasteiger partial charge in [-0.2, -0.15) is 4.98 Å². The molecule has 1 heterocycles. The van der Waals surface area contributed by atoms with Crippen molar-refractivity contribution >= 4 is 29.1 Å². The van der Waals surface area contributed by atoms with Gasteiger partial charge in [-0.1, -0.05) is 23.7 Å². The molecule has 0 amide bonds. The maximum Gasteiger partial charge on any atom is 0.229 e. The van der Waals surface area contributed by atoms with Crippen LogP contribution in [0, 0.1) is 0 Å². The fraction of sp³-hybridized carbons (Fsp3) is 0.200. The summed E-state index contributed by atoms with van der Waals surface area (Å²) in [5.41, 5.74) is 1.96. The lowest BCUT2D eigenvalue weighted by atomic mass is 10.2. The smallest absolute Gasteiger partial charge is 0.229 e. The Kier molecular flexibility index (Phi) is 5.92. The molecule has 0 bridgehead atoms. The second-order valence-corrected chi connectivity index (χ2v) is 6.57. The van der Waals surface area contributed by atoms with E-state index in [0.29, 0.717) is 18.6 Å². The predicted octanol–water partition coefficient (Wildman–Crippen LogP) is 5.27. The zero-order valence-electron chi connectivity index (χ0n) is 14.7. The first-order valence-electron chi connectivity index (χ1n) is 8.42. The van der Waals surface area contributed by atoms with Gasteiger partial charge in [0, 0.05) is 22.9 Å². The standard InChI is InChI=1S/C20H21ClN4O/c1-14(2)23-19-11-12-22-20(25-19)24-17-7-9-18(10-8-17)26-13-15-3-5-16(21)6-4-15/h3-12,14H,13H2,1-2H3,(H2,22,23,24,25). The van der Waals surface area contributed by atoms with E-state index >= 15 is 0 Å². The highest BCUT2D eigenvalue weighted by molar-refractivity contribution is 6.30. The van der Waals surface area contributed by atoms with Crippen LogP contribution in [0.4, 0.5) is 17.5 Å². The van der Waals surface area contributed by atoms with Crippen LogP contribution in [-0.2, 0) is 6.61 Å². The first-order chi connectivity index (χ1) is 12.6. The Balaban J connectivity index is 1.58. The van der Waals surface area contributed by atoms with Crippen LogP contribution in [0.2, 0.25) is 5.02 Å². The van der Waals surface area contributed by atoms with Crippen LogP contribution in [0.15, 0.2) is 60.8 Å². The van der Waals surface area contributed by atoms with E-state index in [-0.39, 0.29) is 0 Å². The SMILES string of the molecule is CC(C)Nc1ccnc(Nc2ccc(OCc3ccc(Cl)cc3)cc2)n1. The molecular weight excluding hydrogens is 348 g/mol. The monoisotopic (exact) mass is 368 g/mol. The number of hydrogen-bond acceptors (Lipinski definition) is 5. The number of nitrogens with one attached hydrogen (secondary N) is 2. The second-order valence-electron chi connectivity index (χ2n) is 6.13. The van der Waals surface area contributed by atoms with Crippen molar-refractivity contribution in [2.75, 3.05) is 10.6 Å². The van der Waals surface area contributed by atoms with E-state index in [1.54, 1.807) is 6.20 Å². The Bertz CT molecular complexity index is 835. The van der Waals surface area contributed by atoms with Crippen LogP contribution in [0.25, 0.3) is 0 Å². The van der Waals surface area contributed by atoms with Gasteiger partial charge in [-0.15, -0.1) is 0 Å². The van der Waals surface area contributed by atoms with E-state index in [0.717, 1.165) is 27.8 Å². The minimum absolute atomic E-state index is 0.315. The third kappa shape index (κ3) is 5.36. The van der Waals surface area contributed by atoms with Crippen LogP contribution in [0.5, 0.6) is 5.75 Å². The molecule has 5 nitrogen and oxygen atoms in total. The van der Waals surface area contributed by atoms with Gasteiger partial charge in [-0.05, 0) is 61.9 Å². The predicted molar refractivity (Wildman–Crippen MR) is 106 cm³/mol. The van der Waals surface area contributed by atoms with E-state index in [1.165, 1.54) is 0 Å². The Morgan fingerprint density at radius 1 is 1.00 bits per heavy atom. The summed E-state index contributed by atoms with van der Waals surface area (Å²) in [5, 5.41) is 7.17. The maximum atomic E-state index is 5.89. The summed E-state index contributed by atoms with van der Waals surface area (Å²) < 4.78 is 5.79. The maximum absolute atomic E-state index is 5.89. The molecule has 134 valence electrons. The fourth-order valence-corrected chi connectivity index (χ4v) is 2.43. The lowest BCUT2D eigenvalue weighted by Crippen LogP contribution is -2.11. The van der Waals surface area contributed by atoms with Crippen molar-refractivity contribution in [2.24, 2.45) is 0 Å². The van der Waals surface area contributed by atoms with Gasteiger partial charge in [0.1, 0.15) is 18.2 Å². The highest BCUT2D eigenvalue weighted by Gasteiger charge is 2.02. The van der Waals surface area contributed by atoms with Gasteiger partial charge in [0.25, 0.3) is 0 Å². The largest absolute Gasteiger partial charge is 0.489 e. The van der Waals surface area contributed by atoms with E-state index in [1.807, 2.05) is 54.6 Å². The number of halogens is 1. The zero-order valence-corrected chi connectivity index (χ0v) is 15.5. The molecule has 0 saturated carbocycles. The first-order valence-corrected chi connectivity index (χ1v) is 8.80. The average molecular weight is 369 g/mol. The second kappa shape index (κ2) is 8.54. The Hall–Kier alpha value is -2.79. The molecule has 0 fully saturated rings. The Morgan fingerprint density at radius 2 is 1.73 bits per heavy atom. The summed E-state index contributed by atoms with van der Waals surface area (Å²) in [6.07, 6.45) is 1.73. The number of benzene rings is 2. The lowest BCUT2D eigenvalue weighted by molar-refractivity contribution is 0.306. The molecule has 26 heavy (non-hydrogen) atoms. The molecule has 0 saturated heterocycles. The topological polar surface area (TPSA) is 59.1 Å². The van der Waals surface area contributed by atoms with Crippen molar-refractivity contribution in [3.05, 3.63) is 71.4 Å². The molecular formula is C20H21ClN4O.